The molecule has 2 heterocycles. The SMILES string of the molecule is C[C@@H](OC(=O)c1c2c(nc3ccccc13)CCC2)C(=O)N[C@@H]1CCS(=O)(=O)C1. The van der Waals surface area contributed by atoms with Crippen LogP contribution in [0.2, 0.25) is 0 Å². The zero-order valence-electron chi connectivity index (χ0n) is 15.6. The molecule has 1 aliphatic heterocycles. The van der Waals surface area contributed by atoms with E-state index in [2.05, 4.69) is 10.3 Å². The van der Waals surface area contributed by atoms with E-state index in [-0.39, 0.29) is 11.5 Å². The van der Waals surface area contributed by atoms with Gasteiger partial charge in [-0.1, -0.05) is 18.2 Å². The summed E-state index contributed by atoms with van der Waals surface area (Å²) in [6.45, 7) is 1.50. The first kappa shape index (κ1) is 18.9. The summed E-state index contributed by atoms with van der Waals surface area (Å²) < 4.78 is 28.6. The third kappa shape index (κ3) is 3.61. The molecular weight excluding hydrogens is 380 g/mol. The molecule has 0 radical (unpaired) electrons. The van der Waals surface area contributed by atoms with Gasteiger partial charge in [-0.05, 0) is 44.2 Å². The highest BCUT2D eigenvalue weighted by Crippen LogP contribution is 2.30. The van der Waals surface area contributed by atoms with Crippen molar-refractivity contribution >= 4 is 32.6 Å². The molecule has 1 N–H and O–H groups in total. The maximum Gasteiger partial charge on any atom is 0.339 e. The Morgan fingerprint density at radius 1 is 1.25 bits per heavy atom. The summed E-state index contributed by atoms with van der Waals surface area (Å²) in [5, 5.41) is 3.40. The quantitative estimate of drug-likeness (QED) is 0.779. The Morgan fingerprint density at radius 2 is 2.04 bits per heavy atom. The van der Waals surface area contributed by atoms with Crippen LogP contribution in [0.1, 0.15) is 41.4 Å². The highest BCUT2D eigenvalue weighted by atomic mass is 32.2. The number of nitrogens with zero attached hydrogens (tertiary/aromatic N) is 1. The van der Waals surface area contributed by atoms with Gasteiger partial charge in [0.05, 0.1) is 22.6 Å². The van der Waals surface area contributed by atoms with E-state index in [0.29, 0.717) is 12.0 Å². The Bertz CT molecular complexity index is 1060. The lowest BCUT2D eigenvalue weighted by Gasteiger charge is -2.18. The monoisotopic (exact) mass is 402 g/mol. The number of amides is 1. The Morgan fingerprint density at radius 3 is 2.79 bits per heavy atom. The summed E-state index contributed by atoms with van der Waals surface area (Å²) in [5.41, 5.74) is 3.04. The molecule has 2 aromatic rings. The van der Waals surface area contributed by atoms with Gasteiger partial charge in [-0.15, -0.1) is 0 Å². The molecule has 1 aromatic heterocycles. The van der Waals surface area contributed by atoms with Gasteiger partial charge in [-0.3, -0.25) is 9.78 Å². The minimum atomic E-state index is -3.09. The summed E-state index contributed by atoms with van der Waals surface area (Å²) in [5.74, 6) is -1.02. The molecule has 1 saturated heterocycles. The van der Waals surface area contributed by atoms with Crippen molar-refractivity contribution in [2.24, 2.45) is 0 Å². The molecule has 1 aliphatic carbocycles. The van der Waals surface area contributed by atoms with Gasteiger partial charge < -0.3 is 10.1 Å². The van der Waals surface area contributed by atoms with E-state index in [1.807, 2.05) is 24.3 Å². The second-order valence-corrected chi connectivity index (χ2v) is 9.67. The number of aromatic nitrogens is 1. The topological polar surface area (TPSA) is 102 Å². The van der Waals surface area contributed by atoms with Crippen LogP contribution in [0.5, 0.6) is 0 Å². The standard InChI is InChI=1S/C20H22N2O5S/c1-12(19(23)21-13-9-10-28(25,26)11-13)27-20(24)18-14-5-2-3-7-16(14)22-17-8-4-6-15(17)18/h2-3,5,7,12-13H,4,6,8-11H2,1H3,(H,21,23)/t12-,13-/m1/s1. The molecule has 1 aromatic carbocycles. The molecule has 0 spiro atoms. The van der Waals surface area contributed by atoms with Gasteiger partial charge in [-0.2, -0.15) is 0 Å². The van der Waals surface area contributed by atoms with Crippen molar-refractivity contribution in [1.82, 2.24) is 10.3 Å². The number of fused-ring (bicyclic) bond motifs is 2. The minimum absolute atomic E-state index is 0.0676. The molecule has 2 atom stereocenters. The summed E-state index contributed by atoms with van der Waals surface area (Å²) in [6, 6.07) is 6.99. The van der Waals surface area contributed by atoms with Gasteiger partial charge in [0.25, 0.3) is 5.91 Å². The largest absolute Gasteiger partial charge is 0.449 e. The number of benzene rings is 1. The molecule has 0 bridgehead atoms. The van der Waals surface area contributed by atoms with Crippen LogP contribution in [0.15, 0.2) is 24.3 Å². The Hall–Kier alpha value is -2.48. The third-order valence-electron chi connectivity index (χ3n) is 5.36. The Labute approximate surface area is 163 Å². The maximum atomic E-state index is 12.9. The predicted octanol–water partition coefficient (Wildman–Crippen LogP) is 1.57. The highest BCUT2D eigenvalue weighted by molar-refractivity contribution is 7.91. The molecule has 1 fully saturated rings. The number of carbonyl (C=O) groups excluding carboxylic acids is 2. The summed E-state index contributed by atoms with van der Waals surface area (Å²) >= 11 is 0. The van der Waals surface area contributed by atoms with Crippen LogP contribution in [-0.2, 0) is 32.2 Å². The molecule has 2 aliphatic rings. The number of carbonyl (C=O) groups is 2. The van der Waals surface area contributed by atoms with E-state index < -0.39 is 33.9 Å². The second kappa shape index (κ2) is 7.16. The number of para-hydroxylation sites is 1. The van der Waals surface area contributed by atoms with Crippen LogP contribution in [0, 0.1) is 0 Å². The van der Waals surface area contributed by atoms with Crippen LogP contribution in [0.3, 0.4) is 0 Å². The molecule has 7 nitrogen and oxygen atoms in total. The van der Waals surface area contributed by atoms with Crippen LogP contribution in [0.25, 0.3) is 10.9 Å². The molecule has 0 unspecified atom stereocenters. The molecule has 4 rings (SSSR count). The van der Waals surface area contributed by atoms with Crippen molar-refractivity contribution in [3.8, 4) is 0 Å². The fraction of sp³-hybridized carbons (Fsp3) is 0.450. The number of ether oxygens (including phenoxy) is 1. The normalized spacial score (nSPS) is 21.2. The third-order valence-corrected chi connectivity index (χ3v) is 7.12. The molecule has 8 heteroatoms. The van der Waals surface area contributed by atoms with Gasteiger partial charge >= 0.3 is 5.97 Å². The number of nitrogens with one attached hydrogen (secondary N) is 1. The number of hydrogen-bond acceptors (Lipinski definition) is 6. The first-order chi connectivity index (χ1) is 13.3. The number of hydrogen-bond donors (Lipinski definition) is 1. The van der Waals surface area contributed by atoms with Crippen LogP contribution < -0.4 is 5.32 Å². The highest BCUT2D eigenvalue weighted by Gasteiger charge is 2.32. The fourth-order valence-electron chi connectivity index (χ4n) is 3.94. The average molecular weight is 402 g/mol. The second-order valence-electron chi connectivity index (χ2n) is 7.44. The predicted molar refractivity (Wildman–Crippen MR) is 104 cm³/mol. The number of pyridine rings is 1. The van der Waals surface area contributed by atoms with E-state index in [1.165, 1.54) is 6.92 Å². The smallest absolute Gasteiger partial charge is 0.339 e. The van der Waals surface area contributed by atoms with Crippen LogP contribution in [-0.4, -0.2) is 48.9 Å². The number of sulfone groups is 1. The first-order valence-electron chi connectivity index (χ1n) is 9.46. The fourth-order valence-corrected chi connectivity index (χ4v) is 5.62. The van der Waals surface area contributed by atoms with E-state index in [1.54, 1.807) is 0 Å². The van der Waals surface area contributed by atoms with Gasteiger partial charge in [-0.25, -0.2) is 13.2 Å². The van der Waals surface area contributed by atoms with Crippen molar-refractivity contribution in [2.75, 3.05) is 11.5 Å². The van der Waals surface area contributed by atoms with Crippen LogP contribution >= 0.6 is 0 Å². The van der Waals surface area contributed by atoms with Gasteiger partial charge in [0.15, 0.2) is 15.9 Å². The maximum absolute atomic E-state index is 12.9. The lowest BCUT2D eigenvalue weighted by Crippen LogP contribution is -2.42. The van der Waals surface area contributed by atoms with Crippen molar-refractivity contribution in [3.63, 3.8) is 0 Å². The van der Waals surface area contributed by atoms with Gasteiger partial charge in [0.2, 0.25) is 0 Å². The lowest BCUT2D eigenvalue weighted by atomic mass is 10.0. The average Bonchev–Trinajstić information content (AvgIpc) is 3.24. The summed E-state index contributed by atoms with van der Waals surface area (Å²) in [4.78, 5) is 30.0. The van der Waals surface area contributed by atoms with Gasteiger partial charge in [0, 0.05) is 17.1 Å². The lowest BCUT2D eigenvalue weighted by molar-refractivity contribution is -0.129. The zero-order valence-corrected chi connectivity index (χ0v) is 16.4. The number of esters is 1. The van der Waals surface area contributed by atoms with Crippen molar-refractivity contribution in [1.29, 1.82) is 0 Å². The molecule has 28 heavy (non-hydrogen) atoms. The van der Waals surface area contributed by atoms with Crippen molar-refractivity contribution in [2.45, 2.75) is 44.8 Å². The first-order valence-corrected chi connectivity index (χ1v) is 11.3. The summed E-state index contributed by atoms with van der Waals surface area (Å²) in [6.07, 6.45) is 1.90. The van der Waals surface area contributed by atoms with Crippen molar-refractivity contribution < 1.29 is 22.7 Å². The van der Waals surface area contributed by atoms with E-state index in [9.17, 15) is 18.0 Å². The molecule has 148 valence electrons. The molecular formula is C20H22N2O5S. The van der Waals surface area contributed by atoms with E-state index in [0.717, 1.165) is 41.4 Å². The molecule has 0 saturated carbocycles. The van der Waals surface area contributed by atoms with E-state index >= 15 is 0 Å². The minimum Gasteiger partial charge on any atom is -0.449 e. The number of aryl methyl sites for hydroxylation is 1. The van der Waals surface area contributed by atoms with Gasteiger partial charge in [0.1, 0.15) is 0 Å². The summed E-state index contributed by atoms with van der Waals surface area (Å²) in [7, 11) is -3.09. The van der Waals surface area contributed by atoms with Crippen molar-refractivity contribution in [3.05, 3.63) is 41.1 Å². The van der Waals surface area contributed by atoms with E-state index in [4.69, 9.17) is 4.74 Å². The Kier molecular flexibility index (Phi) is 4.82. The van der Waals surface area contributed by atoms with Crippen LogP contribution in [0.4, 0.5) is 0 Å². The molecule has 1 amide bonds. The zero-order chi connectivity index (χ0) is 19.9. The number of rotatable bonds is 4. The Balaban J connectivity index is 1.53.